The molecule has 0 fully saturated rings. The van der Waals surface area contributed by atoms with Crippen LogP contribution in [0, 0.1) is 0 Å². The highest BCUT2D eigenvalue weighted by molar-refractivity contribution is 5.95. The average Bonchev–Trinajstić information content (AvgIpc) is 3.12. The second-order valence-electron chi connectivity index (χ2n) is 8.47. The van der Waals surface area contributed by atoms with E-state index in [0.29, 0.717) is 30.3 Å². The van der Waals surface area contributed by atoms with Crippen molar-refractivity contribution >= 4 is 12.1 Å². The molecule has 0 unspecified atom stereocenters. The maximum Gasteiger partial charge on any atom is 0.271 e. The summed E-state index contributed by atoms with van der Waals surface area (Å²) in [6.45, 7) is 6.90. The van der Waals surface area contributed by atoms with Gasteiger partial charge in [0.15, 0.2) is 11.5 Å². The molecule has 6 heteroatoms. The van der Waals surface area contributed by atoms with Crippen LogP contribution >= 0.6 is 0 Å². The molecule has 0 radical (unpaired) electrons. The normalized spacial score (nSPS) is 13.9. The fourth-order valence-electron chi connectivity index (χ4n) is 3.71. The Hall–Kier alpha value is -3.80. The quantitative estimate of drug-likeness (QED) is 0.386. The first kappa shape index (κ1) is 22.4. The molecule has 0 aliphatic carbocycles. The molecular formula is C27H28N2O4. The maximum atomic E-state index is 12.6. The number of hydrazone groups is 1. The lowest BCUT2D eigenvalue weighted by atomic mass is 10.0. The smallest absolute Gasteiger partial charge is 0.271 e. The van der Waals surface area contributed by atoms with Gasteiger partial charge in [0.05, 0.1) is 12.8 Å². The van der Waals surface area contributed by atoms with Crippen LogP contribution in [0.5, 0.6) is 17.2 Å². The van der Waals surface area contributed by atoms with E-state index in [1.807, 2.05) is 55.5 Å². The van der Waals surface area contributed by atoms with Crippen molar-refractivity contribution in [3.05, 3.63) is 89.0 Å². The van der Waals surface area contributed by atoms with Crippen LogP contribution in [0.3, 0.4) is 0 Å². The molecule has 1 amide bonds. The lowest BCUT2D eigenvalue weighted by Gasteiger charge is -2.16. The van der Waals surface area contributed by atoms with E-state index in [1.165, 1.54) is 0 Å². The molecule has 6 nitrogen and oxygen atoms in total. The van der Waals surface area contributed by atoms with Crippen molar-refractivity contribution in [2.75, 3.05) is 6.61 Å². The molecule has 170 valence electrons. The number of carbonyl (C=O) groups excluding carboxylic acids is 1. The Morgan fingerprint density at radius 1 is 1.06 bits per heavy atom. The summed E-state index contributed by atoms with van der Waals surface area (Å²) in [7, 11) is 0. The van der Waals surface area contributed by atoms with Gasteiger partial charge < -0.3 is 14.2 Å². The number of nitrogens with one attached hydrogen (secondary N) is 1. The van der Waals surface area contributed by atoms with Crippen molar-refractivity contribution in [2.45, 2.75) is 39.4 Å². The predicted octanol–water partition coefficient (Wildman–Crippen LogP) is 5.14. The number of hydrogen-bond acceptors (Lipinski definition) is 5. The molecule has 0 spiro atoms. The molecule has 0 bridgehead atoms. The molecule has 1 aliphatic heterocycles. The average molecular weight is 445 g/mol. The third-order valence-corrected chi connectivity index (χ3v) is 5.21. The van der Waals surface area contributed by atoms with Gasteiger partial charge in [-0.1, -0.05) is 30.3 Å². The van der Waals surface area contributed by atoms with Crippen LogP contribution in [0.2, 0.25) is 0 Å². The summed E-state index contributed by atoms with van der Waals surface area (Å²) in [5.74, 6) is 1.68. The summed E-state index contributed by atoms with van der Waals surface area (Å²) < 4.78 is 17.5. The number of amides is 1. The molecule has 3 aromatic rings. The van der Waals surface area contributed by atoms with Gasteiger partial charge in [-0.05, 0) is 73.9 Å². The van der Waals surface area contributed by atoms with Gasteiger partial charge in [0.2, 0.25) is 0 Å². The van der Waals surface area contributed by atoms with E-state index in [-0.39, 0.29) is 11.5 Å². The monoisotopic (exact) mass is 444 g/mol. The minimum Gasteiger partial charge on any atom is -0.490 e. The second-order valence-corrected chi connectivity index (χ2v) is 8.47. The number of hydrogen-bond donors (Lipinski definition) is 1. The molecule has 0 saturated heterocycles. The molecule has 1 heterocycles. The Balaban J connectivity index is 1.40. The highest BCUT2D eigenvalue weighted by Crippen LogP contribution is 2.35. The molecule has 1 N–H and O–H groups in total. The lowest BCUT2D eigenvalue weighted by Crippen LogP contribution is -2.24. The van der Waals surface area contributed by atoms with Gasteiger partial charge >= 0.3 is 0 Å². The third-order valence-electron chi connectivity index (χ3n) is 5.21. The fourth-order valence-corrected chi connectivity index (χ4v) is 3.71. The number of ether oxygens (including phenoxy) is 3. The van der Waals surface area contributed by atoms with Gasteiger partial charge in [-0.15, -0.1) is 0 Å². The predicted molar refractivity (Wildman–Crippen MR) is 128 cm³/mol. The van der Waals surface area contributed by atoms with Crippen molar-refractivity contribution < 1.29 is 19.0 Å². The van der Waals surface area contributed by atoms with Crippen LogP contribution in [-0.2, 0) is 13.0 Å². The molecule has 4 rings (SSSR count). The van der Waals surface area contributed by atoms with Crippen LogP contribution < -0.4 is 19.6 Å². The fraction of sp³-hybridized carbons (Fsp3) is 0.259. The summed E-state index contributed by atoms with van der Waals surface area (Å²) in [6.07, 6.45) is 2.47. The first-order valence-corrected chi connectivity index (χ1v) is 11.0. The summed E-state index contributed by atoms with van der Waals surface area (Å²) in [5.41, 5.74) is 5.92. The van der Waals surface area contributed by atoms with Crippen LogP contribution in [0.15, 0.2) is 71.8 Å². The Kier molecular flexibility index (Phi) is 6.63. The zero-order valence-electron chi connectivity index (χ0n) is 19.1. The minimum atomic E-state index is -0.326. The van der Waals surface area contributed by atoms with E-state index in [4.69, 9.17) is 14.2 Å². The van der Waals surface area contributed by atoms with E-state index in [0.717, 1.165) is 28.9 Å². The Bertz CT molecular complexity index is 1160. The Labute approximate surface area is 194 Å². The molecule has 1 aliphatic rings. The molecule has 0 saturated carbocycles. The topological polar surface area (TPSA) is 69.2 Å². The largest absolute Gasteiger partial charge is 0.490 e. The van der Waals surface area contributed by atoms with Gasteiger partial charge in [0, 0.05) is 12.0 Å². The van der Waals surface area contributed by atoms with E-state index in [1.54, 1.807) is 24.4 Å². The number of fused-ring (bicyclic) bond motifs is 1. The van der Waals surface area contributed by atoms with E-state index in [9.17, 15) is 4.79 Å². The Morgan fingerprint density at radius 3 is 2.67 bits per heavy atom. The highest BCUT2D eigenvalue weighted by atomic mass is 16.5. The van der Waals surface area contributed by atoms with Gasteiger partial charge in [-0.2, -0.15) is 5.10 Å². The minimum absolute atomic E-state index is 0.193. The summed E-state index contributed by atoms with van der Waals surface area (Å²) in [5, 5.41) is 4.12. The molecule has 33 heavy (non-hydrogen) atoms. The van der Waals surface area contributed by atoms with E-state index < -0.39 is 0 Å². The van der Waals surface area contributed by atoms with E-state index in [2.05, 4.69) is 24.4 Å². The van der Waals surface area contributed by atoms with Crippen molar-refractivity contribution in [3.8, 4) is 17.2 Å². The summed E-state index contributed by atoms with van der Waals surface area (Å²) in [4.78, 5) is 12.6. The zero-order valence-corrected chi connectivity index (χ0v) is 19.1. The number of nitrogens with zero attached hydrogens (tertiary/aromatic N) is 1. The molecule has 3 aromatic carbocycles. The zero-order chi connectivity index (χ0) is 23.3. The lowest BCUT2D eigenvalue weighted by molar-refractivity contribution is 0.0954. The van der Waals surface area contributed by atoms with Gasteiger partial charge in [0.1, 0.15) is 18.0 Å². The molecular weight excluding hydrogens is 416 g/mol. The van der Waals surface area contributed by atoms with Crippen LogP contribution in [-0.4, -0.2) is 24.3 Å². The van der Waals surface area contributed by atoms with Crippen LogP contribution in [0.4, 0.5) is 0 Å². The van der Waals surface area contributed by atoms with Crippen molar-refractivity contribution in [3.63, 3.8) is 0 Å². The highest BCUT2D eigenvalue weighted by Gasteiger charge is 2.29. The third kappa shape index (κ3) is 5.71. The van der Waals surface area contributed by atoms with E-state index >= 15 is 0 Å². The number of rotatable bonds is 8. The second kappa shape index (κ2) is 9.77. The summed E-state index contributed by atoms with van der Waals surface area (Å²) in [6, 6.07) is 20.9. The standard InChI is InChI=1S/C27H28N2O4/c1-4-31-25-15-21(11-13-24(25)32-18-19-8-6-5-7-9-19)26(30)29-28-17-20-10-12-23-22(14-20)16-27(2,3)33-23/h5-15,17H,4,16,18H2,1-3H3,(H,29,30)/b28-17+. The van der Waals surface area contributed by atoms with Gasteiger partial charge in [-0.25, -0.2) is 5.43 Å². The van der Waals surface area contributed by atoms with Gasteiger partial charge in [-0.3, -0.25) is 4.79 Å². The van der Waals surface area contributed by atoms with Crippen LogP contribution in [0.25, 0.3) is 0 Å². The molecule has 0 aromatic heterocycles. The van der Waals surface area contributed by atoms with Crippen LogP contribution in [0.1, 0.15) is 47.8 Å². The Morgan fingerprint density at radius 2 is 1.88 bits per heavy atom. The maximum absolute atomic E-state index is 12.6. The van der Waals surface area contributed by atoms with Crippen molar-refractivity contribution in [1.29, 1.82) is 0 Å². The number of carbonyl (C=O) groups is 1. The van der Waals surface area contributed by atoms with Gasteiger partial charge in [0.25, 0.3) is 5.91 Å². The van der Waals surface area contributed by atoms with Crippen molar-refractivity contribution in [2.24, 2.45) is 5.10 Å². The number of benzene rings is 3. The summed E-state index contributed by atoms with van der Waals surface area (Å²) >= 11 is 0. The molecule has 0 atom stereocenters. The SMILES string of the molecule is CCOc1cc(C(=O)N/N=C/c2ccc3c(c2)CC(C)(C)O3)ccc1OCc1ccccc1. The first-order chi connectivity index (χ1) is 15.9. The first-order valence-electron chi connectivity index (χ1n) is 11.0. The van der Waals surface area contributed by atoms with Crippen molar-refractivity contribution in [1.82, 2.24) is 5.43 Å².